The summed E-state index contributed by atoms with van der Waals surface area (Å²) in [5.74, 6) is 0. The monoisotopic (exact) mass is 196 g/mol. The average Bonchev–Trinajstić information content (AvgIpc) is 2.13. The molecule has 2 nitrogen and oxygen atoms in total. The smallest absolute Gasteiger partial charge is 0.0544 e. The molecule has 1 aromatic rings. The quantitative estimate of drug-likeness (QED) is 0.748. The molecule has 0 saturated carbocycles. The van der Waals surface area contributed by atoms with Crippen LogP contribution in [0.25, 0.3) is 0 Å². The van der Waals surface area contributed by atoms with Gasteiger partial charge in [0, 0.05) is 24.3 Å². The summed E-state index contributed by atoms with van der Waals surface area (Å²) in [4.78, 5) is 4.35. The Hall–Kier alpha value is -0.860. The van der Waals surface area contributed by atoms with Crippen LogP contribution in [-0.2, 0) is 6.54 Å². The number of aryl methyl sites for hydroxylation is 1. The van der Waals surface area contributed by atoms with Gasteiger partial charge in [0.1, 0.15) is 0 Å². The minimum atomic E-state index is 0.777. The molecular formula is C10H13ClN2. The van der Waals surface area contributed by atoms with Gasteiger partial charge >= 0.3 is 0 Å². The van der Waals surface area contributed by atoms with E-state index in [2.05, 4.69) is 10.3 Å². The Balaban J connectivity index is 2.36. The first-order valence-corrected chi connectivity index (χ1v) is 4.65. The molecular weight excluding hydrogens is 184 g/mol. The van der Waals surface area contributed by atoms with E-state index in [-0.39, 0.29) is 0 Å². The highest BCUT2D eigenvalue weighted by molar-refractivity contribution is 6.25. The molecule has 13 heavy (non-hydrogen) atoms. The third-order valence-corrected chi connectivity index (χ3v) is 1.78. The van der Waals surface area contributed by atoms with Crippen LogP contribution in [0.2, 0.25) is 0 Å². The molecule has 0 amide bonds. The van der Waals surface area contributed by atoms with Crippen LogP contribution >= 0.6 is 11.6 Å². The van der Waals surface area contributed by atoms with E-state index in [1.807, 2.05) is 31.2 Å². The molecule has 1 heterocycles. The van der Waals surface area contributed by atoms with Crippen LogP contribution in [0, 0.1) is 6.92 Å². The minimum absolute atomic E-state index is 0.777. The Morgan fingerprint density at radius 2 is 2.38 bits per heavy atom. The molecule has 1 N–H and O–H groups in total. The first kappa shape index (κ1) is 10.2. The number of nitrogens with zero attached hydrogens (tertiary/aromatic N) is 1. The second kappa shape index (κ2) is 5.73. The van der Waals surface area contributed by atoms with E-state index >= 15 is 0 Å². The molecule has 1 rings (SSSR count). The molecule has 0 radical (unpaired) electrons. The lowest BCUT2D eigenvalue weighted by Crippen LogP contribution is -2.13. The average molecular weight is 197 g/mol. The van der Waals surface area contributed by atoms with Gasteiger partial charge in [-0.1, -0.05) is 23.7 Å². The summed E-state index contributed by atoms with van der Waals surface area (Å²) in [5, 5.41) is 3.20. The van der Waals surface area contributed by atoms with Crippen molar-refractivity contribution >= 4 is 11.6 Å². The summed E-state index contributed by atoms with van der Waals surface area (Å²) in [6.45, 7) is 3.55. The maximum atomic E-state index is 5.37. The highest BCUT2D eigenvalue weighted by Crippen LogP contribution is 1.96. The second-order valence-electron chi connectivity index (χ2n) is 2.76. The van der Waals surface area contributed by atoms with E-state index < -0.39 is 0 Å². The lowest BCUT2D eigenvalue weighted by molar-refractivity contribution is 0.738. The first-order chi connectivity index (χ1) is 6.33. The zero-order chi connectivity index (χ0) is 9.52. The van der Waals surface area contributed by atoms with Gasteiger partial charge in [0.25, 0.3) is 0 Å². The highest BCUT2D eigenvalue weighted by atomic mass is 35.5. The van der Waals surface area contributed by atoms with Crippen LogP contribution in [0.15, 0.2) is 29.8 Å². The molecule has 0 atom stereocenters. The molecule has 3 heteroatoms. The van der Waals surface area contributed by atoms with Crippen molar-refractivity contribution in [1.29, 1.82) is 0 Å². The van der Waals surface area contributed by atoms with E-state index in [9.17, 15) is 0 Å². The first-order valence-electron chi connectivity index (χ1n) is 4.21. The number of aromatic nitrogens is 1. The number of halogens is 1. The predicted octanol–water partition coefficient (Wildman–Crippen LogP) is 2.23. The van der Waals surface area contributed by atoms with Crippen molar-refractivity contribution in [3.05, 3.63) is 41.2 Å². The Morgan fingerprint density at radius 3 is 3.08 bits per heavy atom. The van der Waals surface area contributed by atoms with E-state index in [1.165, 1.54) is 5.54 Å². The summed E-state index contributed by atoms with van der Waals surface area (Å²) in [5.41, 5.74) is 3.62. The molecule has 0 unspecified atom stereocenters. The van der Waals surface area contributed by atoms with Gasteiger partial charge in [0.15, 0.2) is 0 Å². The van der Waals surface area contributed by atoms with Crippen LogP contribution in [0.5, 0.6) is 0 Å². The highest BCUT2D eigenvalue weighted by Gasteiger charge is 1.92. The fourth-order valence-corrected chi connectivity index (χ4v) is 1.12. The van der Waals surface area contributed by atoms with Crippen molar-refractivity contribution in [2.24, 2.45) is 0 Å². The molecule has 70 valence electrons. The van der Waals surface area contributed by atoms with E-state index in [4.69, 9.17) is 11.6 Å². The summed E-state index contributed by atoms with van der Waals surface area (Å²) in [6, 6.07) is 6.00. The van der Waals surface area contributed by atoms with Crippen molar-refractivity contribution in [3.8, 4) is 0 Å². The molecule has 0 aliphatic heterocycles. The van der Waals surface area contributed by atoms with Gasteiger partial charge in [-0.05, 0) is 19.1 Å². The Kier molecular flexibility index (Phi) is 4.50. The fraction of sp³-hybridized carbons (Fsp3) is 0.300. The van der Waals surface area contributed by atoms with Gasteiger partial charge < -0.3 is 5.32 Å². The van der Waals surface area contributed by atoms with Crippen LogP contribution in [0.1, 0.15) is 11.4 Å². The summed E-state index contributed by atoms with van der Waals surface area (Å²) in [6.07, 6.45) is 1.86. The summed E-state index contributed by atoms with van der Waals surface area (Å²) < 4.78 is 0. The van der Waals surface area contributed by atoms with E-state index in [0.717, 1.165) is 24.5 Å². The van der Waals surface area contributed by atoms with Gasteiger partial charge in [-0.15, -0.1) is 0 Å². The number of hydrogen-bond acceptors (Lipinski definition) is 2. The largest absolute Gasteiger partial charge is 0.308 e. The predicted molar refractivity (Wildman–Crippen MR) is 55.7 cm³/mol. The zero-order valence-electron chi connectivity index (χ0n) is 7.63. The van der Waals surface area contributed by atoms with Crippen LogP contribution in [0.3, 0.4) is 0 Å². The SMILES string of the molecule is Cc1cccc(CNC/C=C/Cl)n1. The van der Waals surface area contributed by atoms with E-state index in [0.29, 0.717) is 0 Å². The van der Waals surface area contributed by atoms with Gasteiger partial charge in [-0.25, -0.2) is 0 Å². The van der Waals surface area contributed by atoms with Crippen LogP contribution in [0.4, 0.5) is 0 Å². The summed E-state index contributed by atoms with van der Waals surface area (Å²) in [7, 11) is 0. The third-order valence-electron chi connectivity index (χ3n) is 1.60. The Morgan fingerprint density at radius 1 is 1.54 bits per heavy atom. The van der Waals surface area contributed by atoms with Gasteiger partial charge in [0.05, 0.1) is 5.69 Å². The number of rotatable bonds is 4. The molecule has 0 aromatic carbocycles. The fourth-order valence-electron chi connectivity index (χ4n) is 1.03. The second-order valence-corrected chi connectivity index (χ2v) is 3.01. The molecule has 0 aliphatic rings. The lowest BCUT2D eigenvalue weighted by Gasteiger charge is -2.01. The maximum Gasteiger partial charge on any atom is 0.0544 e. The van der Waals surface area contributed by atoms with Crippen molar-refractivity contribution in [1.82, 2.24) is 10.3 Å². The number of pyridine rings is 1. The van der Waals surface area contributed by atoms with Crippen LogP contribution in [-0.4, -0.2) is 11.5 Å². The zero-order valence-corrected chi connectivity index (χ0v) is 8.38. The van der Waals surface area contributed by atoms with Gasteiger partial charge in [-0.2, -0.15) is 0 Å². The van der Waals surface area contributed by atoms with Crippen molar-refractivity contribution in [3.63, 3.8) is 0 Å². The lowest BCUT2D eigenvalue weighted by atomic mass is 10.3. The molecule has 0 bridgehead atoms. The number of hydrogen-bond donors (Lipinski definition) is 1. The maximum absolute atomic E-state index is 5.37. The molecule has 0 spiro atoms. The normalized spacial score (nSPS) is 10.9. The topological polar surface area (TPSA) is 24.9 Å². The molecule has 0 aliphatic carbocycles. The van der Waals surface area contributed by atoms with Crippen molar-refractivity contribution in [2.75, 3.05) is 6.54 Å². The number of nitrogens with one attached hydrogen (secondary N) is 1. The molecule has 0 saturated heterocycles. The third kappa shape index (κ3) is 4.06. The van der Waals surface area contributed by atoms with E-state index in [1.54, 1.807) is 0 Å². The Labute approximate surface area is 83.6 Å². The molecule has 0 fully saturated rings. The van der Waals surface area contributed by atoms with Gasteiger partial charge in [0.2, 0.25) is 0 Å². The minimum Gasteiger partial charge on any atom is -0.308 e. The molecule has 1 aromatic heterocycles. The van der Waals surface area contributed by atoms with Crippen LogP contribution < -0.4 is 5.32 Å². The van der Waals surface area contributed by atoms with Gasteiger partial charge in [-0.3, -0.25) is 4.98 Å². The standard InChI is InChI=1S/C10H13ClN2/c1-9-4-2-5-10(13-9)8-12-7-3-6-11/h2-6,12H,7-8H2,1H3/b6-3+. The summed E-state index contributed by atoms with van der Waals surface area (Å²) >= 11 is 5.37. The van der Waals surface area contributed by atoms with Crippen molar-refractivity contribution in [2.45, 2.75) is 13.5 Å². The van der Waals surface area contributed by atoms with Crippen molar-refractivity contribution < 1.29 is 0 Å². The Bertz CT molecular complexity index is 284.